The minimum Gasteiger partial charge on any atom is -0.396 e. The maximum atomic E-state index is 9.01. The molecule has 2 aromatic heterocycles. The number of aliphatic hydroxyl groups excluding tert-OH is 1. The smallest absolute Gasteiger partial charge is 0.180 e. The number of anilines is 1. The molecular formula is C13H17BrN4O. The summed E-state index contributed by atoms with van der Waals surface area (Å²) >= 11 is 3.46. The zero-order chi connectivity index (χ0) is 13.2. The molecule has 0 aliphatic carbocycles. The van der Waals surface area contributed by atoms with Crippen LogP contribution in [0.3, 0.4) is 0 Å². The van der Waals surface area contributed by atoms with Gasteiger partial charge in [0.1, 0.15) is 4.60 Å². The lowest BCUT2D eigenvalue weighted by molar-refractivity contribution is 0.279. The maximum Gasteiger partial charge on any atom is 0.180 e. The van der Waals surface area contributed by atoms with Crippen LogP contribution in [0, 0.1) is 0 Å². The van der Waals surface area contributed by atoms with E-state index in [9.17, 15) is 0 Å². The van der Waals surface area contributed by atoms with Crippen LogP contribution in [0.2, 0.25) is 0 Å². The SMILES string of the molecule is OCCCC1CCCN1c1nc(Br)cn2ccnc12. The van der Waals surface area contributed by atoms with E-state index < -0.39 is 0 Å². The van der Waals surface area contributed by atoms with Gasteiger partial charge in [-0.1, -0.05) is 0 Å². The number of fused-ring (bicyclic) bond motifs is 1. The number of imidazole rings is 1. The van der Waals surface area contributed by atoms with Gasteiger partial charge in [-0.25, -0.2) is 9.97 Å². The van der Waals surface area contributed by atoms with Crippen molar-refractivity contribution in [3.63, 3.8) is 0 Å². The molecule has 1 atom stereocenters. The van der Waals surface area contributed by atoms with Gasteiger partial charge < -0.3 is 14.4 Å². The summed E-state index contributed by atoms with van der Waals surface area (Å²) < 4.78 is 2.81. The fraction of sp³-hybridized carbons (Fsp3) is 0.538. The fourth-order valence-corrected chi connectivity index (χ4v) is 3.21. The summed E-state index contributed by atoms with van der Waals surface area (Å²) in [5.41, 5.74) is 0.902. The molecule has 2 aromatic rings. The van der Waals surface area contributed by atoms with Gasteiger partial charge in [0.2, 0.25) is 0 Å². The number of aromatic nitrogens is 3. The highest BCUT2D eigenvalue weighted by molar-refractivity contribution is 9.10. The van der Waals surface area contributed by atoms with E-state index in [-0.39, 0.29) is 6.61 Å². The predicted octanol–water partition coefficient (Wildman–Crippen LogP) is 2.23. The van der Waals surface area contributed by atoms with Crippen LogP contribution in [-0.2, 0) is 0 Å². The van der Waals surface area contributed by atoms with Gasteiger partial charge in [0.05, 0.1) is 0 Å². The van der Waals surface area contributed by atoms with Crippen LogP contribution in [0.5, 0.6) is 0 Å². The summed E-state index contributed by atoms with van der Waals surface area (Å²) in [7, 11) is 0. The lowest BCUT2D eigenvalue weighted by atomic mass is 10.1. The molecule has 5 nitrogen and oxygen atoms in total. The first-order valence-corrected chi connectivity index (χ1v) is 7.45. The van der Waals surface area contributed by atoms with E-state index in [0.29, 0.717) is 6.04 Å². The third kappa shape index (κ3) is 2.47. The van der Waals surface area contributed by atoms with Crippen molar-refractivity contribution in [2.45, 2.75) is 31.7 Å². The van der Waals surface area contributed by atoms with Crippen molar-refractivity contribution in [2.24, 2.45) is 0 Å². The Labute approximate surface area is 120 Å². The van der Waals surface area contributed by atoms with Crippen molar-refractivity contribution in [2.75, 3.05) is 18.1 Å². The minimum absolute atomic E-state index is 0.259. The van der Waals surface area contributed by atoms with E-state index in [0.717, 1.165) is 35.5 Å². The number of nitrogens with zero attached hydrogens (tertiary/aromatic N) is 4. The summed E-state index contributed by atoms with van der Waals surface area (Å²) in [5, 5.41) is 9.01. The molecule has 0 amide bonds. The van der Waals surface area contributed by atoms with Gasteiger partial charge in [0.15, 0.2) is 11.5 Å². The largest absolute Gasteiger partial charge is 0.396 e. The van der Waals surface area contributed by atoms with E-state index in [4.69, 9.17) is 5.11 Å². The summed E-state index contributed by atoms with van der Waals surface area (Å²) in [6.07, 6.45) is 9.86. The molecule has 19 heavy (non-hydrogen) atoms. The van der Waals surface area contributed by atoms with Gasteiger partial charge >= 0.3 is 0 Å². The topological polar surface area (TPSA) is 53.7 Å². The molecule has 6 heteroatoms. The van der Waals surface area contributed by atoms with Crippen LogP contribution in [0.1, 0.15) is 25.7 Å². The van der Waals surface area contributed by atoms with Gasteiger partial charge in [-0.15, -0.1) is 0 Å². The lowest BCUT2D eigenvalue weighted by Gasteiger charge is -2.26. The fourth-order valence-electron chi connectivity index (χ4n) is 2.82. The molecular weight excluding hydrogens is 308 g/mol. The Bertz CT molecular complexity index is 571. The third-order valence-corrected chi connectivity index (χ3v) is 4.05. The van der Waals surface area contributed by atoms with Gasteiger partial charge in [0, 0.05) is 37.8 Å². The van der Waals surface area contributed by atoms with Crippen molar-refractivity contribution in [3.05, 3.63) is 23.2 Å². The molecule has 102 valence electrons. The Morgan fingerprint density at radius 1 is 1.47 bits per heavy atom. The van der Waals surface area contributed by atoms with Gasteiger partial charge in [-0.2, -0.15) is 0 Å². The second kappa shape index (κ2) is 5.46. The number of rotatable bonds is 4. The van der Waals surface area contributed by atoms with Crippen molar-refractivity contribution in [1.29, 1.82) is 0 Å². The first-order chi connectivity index (χ1) is 9.29. The molecule has 3 heterocycles. The van der Waals surface area contributed by atoms with Crippen LogP contribution < -0.4 is 4.90 Å². The lowest BCUT2D eigenvalue weighted by Crippen LogP contribution is -2.30. The molecule has 0 radical (unpaired) electrons. The minimum atomic E-state index is 0.259. The number of hydrogen-bond acceptors (Lipinski definition) is 4. The molecule has 0 spiro atoms. The van der Waals surface area contributed by atoms with Crippen molar-refractivity contribution in [3.8, 4) is 0 Å². The third-order valence-electron chi connectivity index (χ3n) is 3.67. The van der Waals surface area contributed by atoms with E-state index >= 15 is 0 Å². The van der Waals surface area contributed by atoms with E-state index in [1.165, 1.54) is 12.8 Å². The van der Waals surface area contributed by atoms with E-state index in [1.54, 1.807) is 6.20 Å². The van der Waals surface area contributed by atoms with Gasteiger partial charge in [-0.05, 0) is 41.6 Å². The maximum absolute atomic E-state index is 9.01. The first kappa shape index (κ1) is 12.9. The molecule has 1 fully saturated rings. The van der Waals surface area contributed by atoms with Gasteiger partial charge in [-0.3, -0.25) is 0 Å². The van der Waals surface area contributed by atoms with Crippen LogP contribution >= 0.6 is 15.9 Å². The zero-order valence-electron chi connectivity index (χ0n) is 10.7. The van der Waals surface area contributed by atoms with Crippen molar-refractivity contribution in [1.82, 2.24) is 14.4 Å². The van der Waals surface area contributed by atoms with Crippen LogP contribution in [0.25, 0.3) is 5.65 Å². The Kier molecular flexibility index (Phi) is 3.70. The summed E-state index contributed by atoms with van der Waals surface area (Å²) in [6.45, 7) is 1.27. The highest BCUT2D eigenvalue weighted by Gasteiger charge is 2.27. The highest BCUT2D eigenvalue weighted by Crippen LogP contribution is 2.30. The normalized spacial score (nSPS) is 19.5. The number of hydrogen-bond donors (Lipinski definition) is 1. The zero-order valence-corrected chi connectivity index (χ0v) is 12.3. The molecule has 0 saturated carbocycles. The molecule has 1 unspecified atom stereocenters. The Hall–Kier alpha value is -1.14. The quantitative estimate of drug-likeness (QED) is 0.937. The molecule has 0 bridgehead atoms. The van der Waals surface area contributed by atoms with Crippen LogP contribution in [0.4, 0.5) is 5.82 Å². The Balaban J connectivity index is 1.96. The van der Waals surface area contributed by atoms with Crippen LogP contribution in [-0.4, -0.2) is 38.7 Å². The van der Waals surface area contributed by atoms with E-state index in [1.807, 2.05) is 16.8 Å². The average molecular weight is 325 g/mol. The molecule has 1 aliphatic rings. The second-order valence-electron chi connectivity index (χ2n) is 4.90. The number of halogens is 1. The Morgan fingerprint density at radius 2 is 2.37 bits per heavy atom. The van der Waals surface area contributed by atoms with Crippen molar-refractivity contribution < 1.29 is 5.11 Å². The van der Waals surface area contributed by atoms with Crippen LogP contribution in [0.15, 0.2) is 23.2 Å². The standard InChI is InChI=1S/C13H17BrN4O/c14-11-9-17-7-5-15-12(17)13(16-11)18-6-1-3-10(18)4-2-8-19/h5,7,9-10,19H,1-4,6,8H2. The van der Waals surface area contributed by atoms with Gasteiger partial charge in [0.25, 0.3) is 0 Å². The highest BCUT2D eigenvalue weighted by atomic mass is 79.9. The monoisotopic (exact) mass is 324 g/mol. The second-order valence-corrected chi connectivity index (χ2v) is 5.71. The molecule has 3 rings (SSSR count). The molecule has 1 N–H and O–H groups in total. The summed E-state index contributed by atoms with van der Waals surface area (Å²) in [4.78, 5) is 11.4. The first-order valence-electron chi connectivity index (χ1n) is 6.66. The summed E-state index contributed by atoms with van der Waals surface area (Å²) in [5.74, 6) is 0.944. The molecule has 1 saturated heterocycles. The van der Waals surface area contributed by atoms with E-state index in [2.05, 4.69) is 30.8 Å². The van der Waals surface area contributed by atoms with Crippen molar-refractivity contribution >= 4 is 27.4 Å². The molecule has 0 aromatic carbocycles. The molecule has 1 aliphatic heterocycles. The average Bonchev–Trinajstić information content (AvgIpc) is 3.03. The summed E-state index contributed by atoms with van der Waals surface area (Å²) in [6, 6.07) is 0.467. The number of aliphatic hydroxyl groups is 1. The predicted molar refractivity (Wildman–Crippen MR) is 77.4 cm³/mol. The Morgan fingerprint density at radius 3 is 3.21 bits per heavy atom.